The fraction of sp³-hybridized carbons (Fsp3) is 1.00. The van der Waals surface area contributed by atoms with E-state index in [2.05, 4.69) is 50.1 Å². The van der Waals surface area contributed by atoms with Crippen LogP contribution in [-0.4, -0.2) is 62.7 Å². The highest BCUT2D eigenvalue weighted by Gasteiger charge is 2.30. The van der Waals surface area contributed by atoms with Crippen molar-refractivity contribution >= 4 is 0 Å². The van der Waals surface area contributed by atoms with E-state index in [1.54, 1.807) is 0 Å². The van der Waals surface area contributed by atoms with E-state index in [-0.39, 0.29) is 0 Å². The Morgan fingerprint density at radius 2 is 1.94 bits per heavy atom. The van der Waals surface area contributed by atoms with Crippen LogP contribution in [0.15, 0.2) is 0 Å². The van der Waals surface area contributed by atoms with E-state index in [1.165, 1.54) is 38.9 Å². The maximum absolute atomic E-state index is 3.45. The second kappa shape index (κ2) is 7.34. The second-order valence-corrected chi connectivity index (χ2v) is 5.83. The maximum atomic E-state index is 3.45. The van der Waals surface area contributed by atoms with Gasteiger partial charge in [0.15, 0.2) is 0 Å². The van der Waals surface area contributed by atoms with Gasteiger partial charge in [-0.3, -0.25) is 0 Å². The second-order valence-electron chi connectivity index (χ2n) is 5.83. The Kier molecular flexibility index (Phi) is 6.45. The molecule has 17 heavy (non-hydrogen) atoms. The van der Waals surface area contributed by atoms with Gasteiger partial charge in [-0.05, 0) is 72.9 Å². The van der Waals surface area contributed by atoms with Gasteiger partial charge >= 0.3 is 0 Å². The van der Waals surface area contributed by atoms with Crippen LogP contribution in [0.5, 0.6) is 0 Å². The molecule has 0 aliphatic carbocycles. The molecule has 3 nitrogen and oxygen atoms in total. The maximum Gasteiger partial charge on any atom is 0.0117 e. The summed E-state index contributed by atoms with van der Waals surface area (Å²) in [6.45, 7) is 8.53. The van der Waals surface area contributed by atoms with E-state index >= 15 is 0 Å². The molecule has 1 aliphatic rings. The first-order valence-corrected chi connectivity index (χ1v) is 7.12. The molecule has 0 bridgehead atoms. The number of nitrogens with one attached hydrogen (secondary N) is 1. The summed E-state index contributed by atoms with van der Waals surface area (Å²) in [5.74, 6) is 0.766. The lowest BCUT2D eigenvalue weighted by atomic mass is 9.87. The molecule has 1 rings (SSSR count). The average Bonchev–Trinajstić information content (AvgIpc) is 2.29. The zero-order valence-electron chi connectivity index (χ0n) is 12.4. The van der Waals surface area contributed by atoms with Crippen molar-refractivity contribution in [1.82, 2.24) is 15.1 Å². The summed E-state index contributed by atoms with van der Waals surface area (Å²) in [5, 5.41) is 3.45. The van der Waals surface area contributed by atoms with Gasteiger partial charge < -0.3 is 15.1 Å². The lowest BCUT2D eigenvalue weighted by Crippen LogP contribution is -2.52. The fourth-order valence-electron chi connectivity index (χ4n) is 2.91. The molecule has 0 saturated carbocycles. The Morgan fingerprint density at radius 3 is 2.53 bits per heavy atom. The van der Waals surface area contributed by atoms with Gasteiger partial charge in [0, 0.05) is 12.1 Å². The topological polar surface area (TPSA) is 18.5 Å². The normalized spacial score (nSPS) is 31.1. The van der Waals surface area contributed by atoms with Gasteiger partial charge in [-0.25, -0.2) is 0 Å². The van der Waals surface area contributed by atoms with E-state index in [0.717, 1.165) is 12.0 Å². The number of unbranched alkanes of at least 4 members (excludes halogenated alkanes) is 1. The Morgan fingerprint density at radius 1 is 1.24 bits per heavy atom. The zero-order valence-corrected chi connectivity index (χ0v) is 12.4. The van der Waals surface area contributed by atoms with Crippen molar-refractivity contribution < 1.29 is 0 Å². The summed E-state index contributed by atoms with van der Waals surface area (Å²) < 4.78 is 0. The van der Waals surface area contributed by atoms with Crippen LogP contribution in [0.1, 0.15) is 33.1 Å². The van der Waals surface area contributed by atoms with Crippen molar-refractivity contribution in [3.8, 4) is 0 Å². The van der Waals surface area contributed by atoms with E-state index in [1.807, 2.05) is 0 Å². The minimum Gasteiger partial charge on any atom is -0.317 e. The summed E-state index contributed by atoms with van der Waals surface area (Å²) in [4.78, 5) is 4.95. The number of nitrogens with zero attached hydrogens (tertiary/aromatic N) is 2. The molecule has 0 aromatic rings. The van der Waals surface area contributed by atoms with Crippen LogP contribution in [0, 0.1) is 5.92 Å². The summed E-state index contributed by atoms with van der Waals surface area (Å²) in [5.41, 5.74) is 0. The lowest BCUT2D eigenvalue weighted by Gasteiger charge is -2.42. The third-order valence-electron chi connectivity index (χ3n) is 4.37. The Labute approximate surface area is 108 Å². The van der Waals surface area contributed by atoms with Crippen LogP contribution in [-0.2, 0) is 0 Å². The molecule has 102 valence electrons. The zero-order chi connectivity index (χ0) is 12.8. The van der Waals surface area contributed by atoms with Gasteiger partial charge in [-0.1, -0.05) is 6.92 Å². The van der Waals surface area contributed by atoms with Crippen LogP contribution in [0.3, 0.4) is 0 Å². The molecule has 0 radical (unpaired) electrons. The highest BCUT2D eigenvalue weighted by molar-refractivity contribution is 4.87. The van der Waals surface area contributed by atoms with Crippen molar-refractivity contribution in [3.05, 3.63) is 0 Å². The van der Waals surface area contributed by atoms with Crippen LogP contribution >= 0.6 is 0 Å². The fourth-order valence-corrected chi connectivity index (χ4v) is 2.91. The van der Waals surface area contributed by atoms with Gasteiger partial charge in [0.1, 0.15) is 0 Å². The van der Waals surface area contributed by atoms with E-state index in [0.29, 0.717) is 6.04 Å². The quantitative estimate of drug-likeness (QED) is 0.713. The molecule has 1 saturated heterocycles. The number of likely N-dealkylation sites (tertiary alicyclic amines) is 1. The molecule has 1 fully saturated rings. The SMILES string of the molecule is CNC1CCN(CCCCN(C)C)C(C)C1C. The molecule has 3 unspecified atom stereocenters. The van der Waals surface area contributed by atoms with E-state index in [4.69, 9.17) is 0 Å². The van der Waals surface area contributed by atoms with E-state index in [9.17, 15) is 0 Å². The highest BCUT2D eigenvalue weighted by Crippen LogP contribution is 2.23. The Bertz CT molecular complexity index is 206. The minimum absolute atomic E-state index is 0.711. The molecule has 0 spiro atoms. The number of rotatable bonds is 6. The molecular formula is C14H31N3. The third-order valence-corrected chi connectivity index (χ3v) is 4.37. The number of piperidine rings is 1. The van der Waals surface area contributed by atoms with Crippen molar-refractivity contribution in [2.45, 2.75) is 45.2 Å². The lowest BCUT2D eigenvalue weighted by molar-refractivity contribution is 0.0856. The smallest absolute Gasteiger partial charge is 0.0117 e. The number of hydrogen-bond donors (Lipinski definition) is 1. The predicted molar refractivity (Wildman–Crippen MR) is 75.5 cm³/mol. The van der Waals surface area contributed by atoms with Gasteiger partial charge in [0.2, 0.25) is 0 Å². The Hall–Kier alpha value is -0.120. The average molecular weight is 241 g/mol. The molecule has 3 atom stereocenters. The highest BCUT2D eigenvalue weighted by atomic mass is 15.2. The molecule has 0 amide bonds. The van der Waals surface area contributed by atoms with Crippen molar-refractivity contribution in [2.75, 3.05) is 40.8 Å². The number of hydrogen-bond acceptors (Lipinski definition) is 3. The van der Waals surface area contributed by atoms with Crippen LogP contribution < -0.4 is 5.32 Å². The van der Waals surface area contributed by atoms with Crippen LogP contribution in [0.25, 0.3) is 0 Å². The first-order valence-electron chi connectivity index (χ1n) is 7.12. The largest absolute Gasteiger partial charge is 0.317 e. The van der Waals surface area contributed by atoms with E-state index < -0.39 is 0 Å². The van der Waals surface area contributed by atoms with Crippen molar-refractivity contribution in [1.29, 1.82) is 0 Å². The molecule has 1 N–H and O–H groups in total. The van der Waals surface area contributed by atoms with Gasteiger partial charge in [0.05, 0.1) is 0 Å². The first-order chi connectivity index (χ1) is 8.06. The van der Waals surface area contributed by atoms with Gasteiger partial charge in [-0.15, -0.1) is 0 Å². The molecule has 0 aromatic carbocycles. The van der Waals surface area contributed by atoms with Crippen molar-refractivity contribution in [3.63, 3.8) is 0 Å². The summed E-state index contributed by atoms with van der Waals surface area (Å²) in [6.07, 6.45) is 3.95. The third kappa shape index (κ3) is 4.57. The molecule has 1 aliphatic heterocycles. The molecule has 0 aromatic heterocycles. The van der Waals surface area contributed by atoms with Crippen LogP contribution in [0.4, 0.5) is 0 Å². The first kappa shape index (κ1) is 14.9. The molecule has 1 heterocycles. The predicted octanol–water partition coefficient (Wildman–Crippen LogP) is 1.65. The van der Waals surface area contributed by atoms with Gasteiger partial charge in [0.25, 0.3) is 0 Å². The summed E-state index contributed by atoms with van der Waals surface area (Å²) >= 11 is 0. The Balaban J connectivity index is 2.26. The summed E-state index contributed by atoms with van der Waals surface area (Å²) in [6, 6.07) is 1.43. The van der Waals surface area contributed by atoms with Crippen LogP contribution in [0.2, 0.25) is 0 Å². The standard InChI is InChI=1S/C14H31N3/c1-12-13(2)17(11-8-14(12)15-3)10-7-6-9-16(4)5/h12-15H,6-11H2,1-5H3. The van der Waals surface area contributed by atoms with Crippen molar-refractivity contribution in [2.24, 2.45) is 5.92 Å². The minimum atomic E-state index is 0.711. The van der Waals surface area contributed by atoms with Gasteiger partial charge in [-0.2, -0.15) is 0 Å². The molecular weight excluding hydrogens is 210 g/mol. The molecule has 3 heteroatoms. The summed E-state index contributed by atoms with van der Waals surface area (Å²) in [7, 11) is 6.41. The monoisotopic (exact) mass is 241 g/mol.